The molecular weight excluding hydrogens is 227 g/mol. The lowest BCUT2D eigenvalue weighted by atomic mass is 10.1. The van der Waals surface area contributed by atoms with Crippen molar-refractivity contribution >= 4 is 22.9 Å². The van der Waals surface area contributed by atoms with Crippen LogP contribution >= 0.6 is 22.9 Å². The molecule has 3 heteroatoms. The molecule has 2 nitrogen and oxygen atoms in total. The molecule has 1 saturated heterocycles. The molecule has 0 radical (unpaired) electrons. The van der Waals surface area contributed by atoms with Gasteiger partial charge in [0.1, 0.15) is 0 Å². The quantitative estimate of drug-likeness (QED) is 0.500. The second kappa shape index (κ2) is 3.16. The fraction of sp³-hybridized carbons (Fsp3) is 1.00. The smallest absolute Gasteiger partial charge is 0.0926 e. The van der Waals surface area contributed by atoms with Crippen molar-refractivity contribution in [3.8, 4) is 0 Å². The van der Waals surface area contributed by atoms with E-state index in [4.69, 9.17) is 0 Å². The van der Waals surface area contributed by atoms with Crippen molar-refractivity contribution in [1.82, 2.24) is 3.11 Å². The molecule has 1 rings (SSSR count). The Labute approximate surface area is 70.5 Å². The molecule has 0 aromatic carbocycles. The van der Waals surface area contributed by atoms with E-state index in [0.29, 0.717) is 0 Å². The number of quaternary nitrogens is 1. The second-order valence-electron chi connectivity index (χ2n) is 2.83. The summed E-state index contributed by atoms with van der Waals surface area (Å²) in [5.74, 6) is 0.867. The second-order valence-corrected chi connectivity index (χ2v) is 4.35. The minimum Gasteiger partial charge on any atom is -0.345 e. The molecule has 0 saturated carbocycles. The maximum atomic E-state index is 2.39. The van der Waals surface area contributed by atoms with E-state index in [9.17, 15) is 0 Å². The van der Waals surface area contributed by atoms with Crippen molar-refractivity contribution in [3.63, 3.8) is 0 Å². The third kappa shape index (κ3) is 1.78. The van der Waals surface area contributed by atoms with Gasteiger partial charge in [0, 0.05) is 28.8 Å². The van der Waals surface area contributed by atoms with E-state index in [0.717, 1.165) is 12.0 Å². The van der Waals surface area contributed by atoms with Gasteiger partial charge >= 0.3 is 0 Å². The Bertz CT molecular complexity index is 95.1. The first kappa shape index (κ1) is 7.75. The molecule has 2 N–H and O–H groups in total. The van der Waals surface area contributed by atoms with Gasteiger partial charge in [-0.2, -0.15) is 0 Å². The fourth-order valence-electron chi connectivity index (χ4n) is 1.42. The molecule has 0 aliphatic carbocycles. The molecule has 1 aliphatic heterocycles. The van der Waals surface area contributed by atoms with Crippen molar-refractivity contribution in [3.05, 3.63) is 0 Å². The summed E-state index contributed by atoms with van der Waals surface area (Å²) in [7, 11) is 2.15. The topological polar surface area (TPSA) is 19.9 Å². The van der Waals surface area contributed by atoms with Crippen molar-refractivity contribution in [2.45, 2.75) is 13.0 Å². The van der Waals surface area contributed by atoms with E-state index >= 15 is 0 Å². The summed E-state index contributed by atoms with van der Waals surface area (Å²) in [6, 6.07) is 0.797. The SMILES string of the molecule is CC1C[NH2+]CC1N(C)I. The summed E-state index contributed by atoms with van der Waals surface area (Å²) >= 11 is 2.37. The van der Waals surface area contributed by atoms with Crippen LogP contribution in [0.3, 0.4) is 0 Å². The number of hydrogen-bond acceptors (Lipinski definition) is 1. The third-order valence-electron chi connectivity index (χ3n) is 2.06. The van der Waals surface area contributed by atoms with Crippen LogP contribution in [0, 0.1) is 5.92 Å². The Morgan fingerprint density at radius 1 is 1.56 bits per heavy atom. The standard InChI is InChI=1S/C6H13IN2/c1-5-3-8-4-6(5)9(2)7/h5-6,8H,3-4H2,1-2H3/p+1. The highest BCUT2D eigenvalue weighted by Crippen LogP contribution is 2.12. The molecule has 2 unspecified atom stereocenters. The summed E-state index contributed by atoms with van der Waals surface area (Å²) in [4.78, 5) is 0. The van der Waals surface area contributed by atoms with Crippen LogP contribution in [0.4, 0.5) is 0 Å². The van der Waals surface area contributed by atoms with E-state index in [1.807, 2.05) is 0 Å². The normalized spacial score (nSPS) is 36.0. The third-order valence-corrected chi connectivity index (χ3v) is 2.78. The van der Waals surface area contributed by atoms with Crippen LogP contribution in [0.1, 0.15) is 6.92 Å². The zero-order valence-corrected chi connectivity index (χ0v) is 8.13. The highest BCUT2D eigenvalue weighted by atomic mass is 127. The molecule has 0 aromatic heterocycles. The highest BCUT2D eigenvalue weighted by Gasteiger charge is 2.28. The lowest BCUT2D eigenvalue weighted by molar-refractivity contribution is -0.639. The van der Waals surface area contributed by atoms with E-state index in [-0.39, 0.29) is 0 Å². The molecule has 0 amide bonds. The molecule has 2 atom stereocenters. The molecule has 9 heavy (non-hydrogen) atoms. The van der Waals surface area contributed by atoms with Crippen molar-refractivity contribution < 1.29 is 5.32 Å². The first-order valence-electron chi connectivity index (χ1n) is 3.42. The first-order chi connectivity index (χ1) is 4.22. The number of hydrogen-bond donors (Lipinski definition) is 1. The van der Waals surface area contributed by atoms with E-state index in [2.05, 4.69) is 45.3 Å². The molecular formula is C6H14IN2+. The Kier molecular flexibility index (Phi) is 2.73. The van der Waals surface area contributed by atoms with Gasteiger partial charge in [-0.1, -0.05) is 6.92 Å². The largest absolute Gasteiger partial charge is 0.345 e. The zero-order chi connectivity index (χ0) is 6.85. The lowest BCUT2D eigenvalue weighted by Gasteiger charge is -2.16. The van der Waals surface area contributed by atoms with Gasteiger partial charge < -0.3 is 5.32 Å². The molecule has 54 valence electrons. The minimum absolute atomic E-state index is 0.797. The molecule has 1 heterocycles. The van der Waals surface area contributed by atoms with Gasteiger partial charge in [-0.05, 0) is 7.05 Å². The van der Waals surface area contributed by atoms with Crippen molar-refractivity contribution in [2.24, 2.45) is 5.92 Å². The first-order valence-corrected chi connectivity index (χ1v) is 4.38. The fourth-order valence-corrected chi connectivity index (χ4v) is 2.19. The van der Waals surface area contributed by atoms with Crippen LogP contribution in [0.25, 0.3) is 0 Å². The van der Waals surface area contributed by atoms with Gasteiger partial charge in [-0.15, -0.1) is 0 Å². The Morgan fingerprint density at radius 2 is 2.22 bits per heavy atom. The van der Waals surface area contributed by atoms with Crippen LogP contribution < -0.4 is 5.32 Å². The van der Waals surface area contributed by atoms with Gasteiger partial charge in [0.05, 0.1) is 19.1 Å². The minimum atomic E-state index is 0.797. The van der Waals surface area contributed by atoms with Gasteiger partial charge in [0.2, 0.25) is 0 Å². The van der Waals surface area contributed by atoms with Crippen LogP contribution in [-0.4, -0.2) is 29.3 Å². The molecule has 0 spiro atoms. The van der Waals surface area contributed by atoms with Crippen LogP contribution in [0.2, 0.25) is 0 Å². The van der Waals surface area contributed by atoms with Crippen LogP contribution in [0.5, 0.6) is 0 Å². The summed E-state index contributed by atoms with van der Waals surface area (Å²) in [6.45, 7) is 4.90. The van der Waals surface area contributed by atoms with E-state index in [1.54, 1.807) is 0 Å². The predicted molar refractivity (Wildman–Crippen MR) is 46.4 cm³/mol. The maximum absolute atomic E-state index is 2.39. The predicted octanol–water partition coefficient (Wildman–Crippen LogP) is -0.150. The average Bonchev–Trinajstić information content (AvgIpc) is 2.13. The van der Waals surface area contributed by atoms with Gasteiger partial charge in [-0.25, -0.2) is 3.11 Å². The Hall–Kier alpha value is 0.650. The van der Waals surface area contributed by atoms with Crippen molar-refractivity contribution in [1.29, 1.82) is 0 Å². The number of likely N-dealkylation sites (N-methyl/N-ethyl adjacent to an activating group) is 1. The average molecular weight is 241 g/mol. The summed E-state index contributed by atoms with van der Waals surface area (Å²) in [6.07, 6.45) is 0. The molecule has 1 fully saturated rings. The van der Waals surface area contributed by atoms with E-state index in [1.165, 1.54) is 13.1 Å². The van der Waals surface area contributed by atoms with Crippen LogP contribution in [-0.2, 0) is 0 Å². The van der Waals surface area contributed by atoms with Gasteiger partial charge in [0.25, 0.3) is 0 Å². The Morgan fingerprint density at radius 3 is 2.44 bits per heavy atom. The summed E-state index contributed by atoms with van der Waals surface area (Å²) < 4.78 is 2.30. The monoisotopic (exact) mass is 241 g/mol. The lowest BCUT2D eigenvalue weighted by Crippen LogP contribution is -2.82. The maximum Gasteiger partial charge on any atom is 0.0926 e. The number of halogens is 1. The molecule has 0 bridgehead atoms. The van der Waals surface area contributed by atoms with E-state index < -0.39 is 0 Å². The van der Waals surface area contributed by atoms with Crippen LogP contribution in [0.15, 0.2) is 0 Å². The molecule has 1 aliphatic rings. The van der Waals surface area contributed by atoms with Crippen molar-refractivity contribution in [2.75, 3.05) is 20.1 Å². The van der Waals surface area contributed by atoms with Gasteiger partial charge in [0.15, 0.2) is 0 Å². The highest BCUT2D eigenvalue weighted by molar-refractivity contribution is 14.1. The number of nitrogens with zero attached hydrogens (tertiary/aromatic N) is 1. The number of nitrogens with two attached hydrogens (primary N) is 1. The summed E-state index contributed by atoms with van der Waals surface area (Å²) in [5.41, 5.74) is 0. The van der Waals surface area contributed by atoms with Gasteiger partial charge in [-0.3, -0.25) is 0 Å². The number of rotatable bonds is 1. The zero-order valence-electron chi connectivity index (χ0n) is 5.97. The summed E-state index contributed by atoms with van der Waals surface area (Å²) in [5, 5.41) is 2.39. The Balaban J connectivity index is 2.40. The molecule has 0 aromatic rings.